The average Bonchev–Trinajstić information content (AvgIpc) is 3.43. The zero-order chi connectivity index (χ0) is 48.7. The minimum Gasteiger partial charge on any atom is -0.497 e. The molecule has 10 rings (SSSR count). The van der Waals surface area contributed by atoms with Crippen molar-refractivity contribution in [3.05, 3.63) is 254 Å². The van der Waals surface area contributed by atoms with E-state index in [1.807, 2.05) is 36.4 Å². The molecule has 0 radical (unpaired) electrons. The molecule has 0 saturated heterocycles. The molecule has 0 amide bonds. The van der Waals surface area contributed by atoms with E-state index in [9.17, 15) is 0 Å². The highest BCUT2D eigenvalue weighted by atomic mass is 16.5. The van der Waals surface area contributed by atoms with Gasteiger partial charge in [-0.1, -0.05) is 108 Å². The van der Waals surface area contributed by atoms with Gasteiger partial charge in [-0.15, -0.1) is 0 Å². The minimum absolute atomic E-state index is 0.809. The smallest absolute Gasteiger partial charge is 0.119 e. The van der Waals surface area contributed by atoms with Crippen LogP contribution in [0.2, 0.25) is 0 Å². The van der Waals surface area contributed by atoms with Gasteiger partial charge in [0.1, 0.15) is 17.2 Å². The normalized spacial score (nSPS) is 10.9. The van der Waals surface area contributed by atoms with Gasteiger partial charge in [-0.2, -0.15) is 0 Å². The number of nitrogens with zero attached hydrogens (tertiary/aromatic N) is 3. The SMILES string of the molecule is COc1ccc(N(c2ccc(C)cc2)c2ccc(-c3ccc(N(c4ccc(OC)cc4)c4ccc(-c5ccc(N(c6ccc(OC)cc6)c6ccc(-c7ccc(C)cc7)cc6)cc5)cc4)cc3)cc2)cc1. The molecule has 0 aliphatic rings. The van der Waals surface area contributed by atoms with Gasteiger partial charge >= 0.3 is 0 Å². The summed E-state index contributed by atoms with van der Waals surface area (Å²) < 4.78 is 16.5. The van der Waals surface area contributed by atoms with Gasteiger partial charge in [-0.3, -0.25) is 0 Å². The van der Waals surface area contributed by atoms with Crippen LogP contribution < -0.4 is 28.9 Å². The van der Waals surface area contributed by atoms with Crippen molar-refractivity contribution < 1.29 is 14.2 Å². The Morgan fingerprint density at radius 3 is 0.521 bits per heavy atom. The molecule has 0 atom stereocenters. The van der Waals surface area contributed by atoms with E-state index in [1.54, 1.807) is 21.3 Å². The molecule has 71 heavy (non-hydrogen) atoms. The summed E-state index contributed by atoms with van der Waals surface area (Å²) in [5.41, 5.74) is 18.9. The quantitative estimate of drug-likeness (QED) is 0.102. The maximum atomic E-state index is 5.55. The summed E-state index contributed by atoms with van der Waals surface area (Å²) in [4.78, 5) is 6.83. The van der Waals surface area contributed by atoms with Crippen molar-refractivity contribution >= 4 is 51.2 Å². The van der Waals surface area contributed by atoms with Crippen LogP contribution in [0.1, 0.15) is 11.1 Å². The monoisotopic (exact) mass is 925 g/mol. The van der Waals surface area contributed by atoms with E-state index < -0.39 is 0 Å². The molecule has 0 saturated carbocycles. The first-order valence-corrected chi connectivity index (χ1v) is 23.8. The van der Waals surface area contributed by atoms with E-state index in [1.165, 1.54) is 22.3 Å². The van der Waals surface area contributed by atoms with Gasteiger partial charge in [0.15, 0.2) is 0 Å². The number of aryl methyl sites for hydroxylation is 2. The Morgan fingerprint density at radius 1 is 0.197 bits per heavy atom. The summed E-state index contributed by atoms with van der Waals surface area (Å²) in [6.45, 7) is 4.23. The number of ether oxygens (including phenoxy) is 3. The van der Waals surface area contributed by atoms with Crippen LogP contribution in [-0.2, 0) is 0 Å². The summed E-state index contributed by atoms with van der Waals surface area (Å²) >= 11 is 0. The second kappa shape index (κ2) is 20.7. The molecule has 0 aliphatic heterocycles. The van der Waals surface area contributed by atoms with Gasteiger partial charge in [0, 0.05) is 51.2 Å². The Bertz CT molecular complexity index is 3300. The molecular formula is C65H55N3O3. The van der Waals surface area contributed by atoms with Crippen LogP contribution in [0.5, 0.6) is 17.2 Å². The summed E-state index contributed by atoms with van der Waals surface area (Å²) in [5.74, 6) is 2.45. The number of methoxy groups -OCH3 is 3. The third-order valence-electron chi connectivity index (χ3n) is 13.0. The minimum atomic E-state index is 0.809. The van der Waals surface area contributed by atoms with Crippen LogP contribution in [0.4, 0.5) is 51.2 Å². The molecule has 6 heteroatoms. The van der Waals surface area contributed by atoms with Gasteiger partial charge in [0.25, 0.3) is 0 Å². The molecule has 0 N–H and O–H groups in total. The van der Waals surface area contributed by atoms with E-state index >= 15 is 0 Å². The van der Waals surface area contributed by atoms with Crippen molar-refractivity contribution in [2.45, 2.75) is 13.8 Å². The molecule has 0 spiro atoms. The number of hydrogen-bond acceptors (Lipinski definition) is 6. The standard InChI is InChI=1S/C65H55N3O3/c1-46-6-10-48(11-7-46)49-12-24-56(25-13-49)67(61-36-42-64(70-4)43-37-61)57-28-18-52(19-29-57)53-20-32-59(33-21-53)68(62-38-44-65(71-5)45-39-62)58-30-16-51(17-31-58)50-14-26-55(27-15-50)66(54-22-8-47(2)9-23-54)60-34-40-63(69-3)41-35-60/h6-45H,1-5H3. The van der Waals surface area contributed by atoms with Crippen molar-refractivity contribution in [1.82, 2.24) is 0 Å². The summed E-state index contributed by atoms with van der Waals surface area (Å²) in [7, 11) is 5.09. The molecule has 0 aromatic heterocycles. The summed E-state index contributed by atoms with van der Waals surface area (Å²) in [6, 6.07) is 85.8. The van der Waals surface area contributed by atoms with E-state index in [0.29, 0.717) is 0 Å². The fraction of sp³-hybridized carbons (Fsp3) is 0.0769. The molecular weight excluding hydrogens is 871 g/mol. The van der Waals surface area contributed by atoms with Crippen LogP contribution in [-0.4, -0.2) is 21.3 Å². The third-order valence-corrected chi connectivity index (χ3v) is 13.0. The van der Waals surface area contributed by atoms with E-state index in [-0.39, 0.29) is 0 Å². The number of hydrogen-bond donors (Lipinski definition) is 0. The summed E-state index contributed by atoms with van der Waals surface area (Å²) in [6.07, 6.45) is 0. The number of benzene rings is 10. The van der Waals surface area contributed by atoms with Crippen molar-refractivity contribution in [3.63, 3.8) is 0 Å². The lowest BCUT2D eigenvalue weighted by molar-refractivity contribution is 0.414. The first kappa shape index (κ1) is 45.8. The van der Waals surface area contributed by atoms with Gasteiger partial charge < -0.3 is 28.9 Å². The zero-order valence-electron chi connectivity index (χ0n) is 40.7. The highest BCUT2D eigenvalue weighted by molar-refractivity contribution is 5.84. The van der Waals surface area contributed by atoms with Gasteiger partial charge in [0.05, 0.1) is 21.3 Å². The van der Waals surface area contributed by atoms with Crippen molar-refractivity contribution in [3.8, 4) is 50.6 Å². The average molecular weight is 926 g/mol. The Hall–Kier alpha value is -9.00. The molecule has 0 aliphatic carbocycles. The lowest BCUT2D eigenvalue weighted by atomic mass is 10.0. The fourth-order valence-electron chi connectivity index (χ4n) is 8.99. The van der Waals surface area contributed by atoms with Crippen molar-refractivity contribution in [1.29, 1.82) is 0 Å². The number of rotatable bonds is 15. The van der Waals surface area contributed by atoms with Crippen LogP contribution >= 0.6 is 0 Å². The van der Waals surface area contributed by atoms with E-state index in [4.69, 9.17) is 14.2 Å². The van der Waals surface area contributed by atoms with Crippen LogP contribution in [0, 0.1) is 13.8 Å². The van der Waals surface area contributed by atoms with Gasteiger partial charge in [0.2, 0.25) is 0 Å². The lowest BCUT2D eigenvalue weighted by Gasteiger charge is -2.27. The second-order valence-electron chi connectivity index (χ2n) is 17.5. The molecule has 0 fully saturated rings. The Kier molecular flexibility index (Phi) is 13.3. The first-order chi connectivity index (χ1) is 34.8. The third kappa shape index (κ3) is 10.1. The Labute approximate surface area is 417 Å². The van der Waals surface area contributed by atoms with Gasteiger partial charge in [-0.05, 0) is 193 Å². The highest BCUT2D eigenvalue weighted by Gasteiger charge is 2.17. The zero-order valence-corrected chi connectivity index (χ0v) is 40.7. The van der Waals surface area contributed by atoms with Crippen molar-refractivity contribution in [2.24, 2.45) is 0 Å². The second-order valence-corrected chi connectivity index (χ2v) is 17.5. The number of anilines is 9. The van der Waals surface area contributed by atoms with Crippen LogP contribution in [0.25, 0.3) is 33.4 Å². The van der Waals surface area contributed by atoms with Crippen LogP contribution in [0.15, 0.2) is 243 Å². The maximum absolute atomic E-state index is 5.55. The predicted octanol–water partition coefficient (Wildman–Crippen LogP) is 17.7. The molecule has 0 heterocycles. The molecule has 0 bridgehead atoms. The highest BCUT2D eigenvalue weighted by Crippen LogP contribution is 2.41. The predicted molar refractivity (Wildman–Crippen MR) is 296 cm³/mol. The molecule has 10 aromatic carbocycles. The molecule has 0 unspecified atom stereocenters. The first-order valence-electron chi connectivity index (χ1n) is 23.8. The molecule has 10 aromatic rings. The Morgan fingerprint density at radius 2 is 0.338 bits per heavy atom. The van der Waals surface area contributed by atoms with Gasteiger partial charge in [-0.25, -0.2) is 0 Å². The molecule has 6 nitrogen and oxygen atoms in total. The van der Waals surface area contributed by atoms with E-state index in [2.05, 4.69) is 235 Å². The van der Waals surface area contributed by atoms with E-state index in [0.717, 1.165) is 90.7 Å². The summed E-state index contributed by atoms with van der Waals surface area (Å²) in [5, 5.41) is 0. The van der Waals surface area contributed by atoms with Crippen molar-refractivity contribution in [2.75, 3.05) is 36.0 Å². The van der Waals surface area contributed by atoms with Crippen LogP contribution in [0.3, 0.4) is 0 Å². The lowest BCUT2D eigenvalue weighted by Crippen LogP contribution is -2.10. The fourth-order valence-corrected chi connectivity index (χ4v) is 8.99. The maximum Gasteiger partial charge on any atom is 0.119 e. The Balaban J connectivity index is 0.913. The molecule has 348 valence electrons. The topological polar surface area (TPSA) is 37.4 Å². The largest absolute Gasteiger partial charge is 0.497 e.